The molecule has 2 aromatic rings. The molecule has 0 saturated carbocycles. The van der Waals surface area contributed by atoms with Crippen LogP contribution in [0.15, 0.2) is 24.3 Å². The maximum Gasteiger partial charge on any atom is 0.324 e. The lowest BCUT2D eigenvalue weighted by Gasteiger charge is -2.31. The second kappa shape index (κ2) is 6.57. The second-order valence-corrected chi connectivity index (χ2v) is 7.55. The number of nitrogens with one attached hydrogen (secondary N) is 1. The second-order valence-electron chi connectivity index (χ2n) is 6.38. The van der Waals surface area contributed by atoms with Gasteiger partial charge in [0, 0.05) is 6.42 Å². The average molecular weight is 357 g/mol. The molecule has 2 aliphatic rings. The summed E-state index contributed by atoms with van der Waals surface area (Å²) in [5, 5.41) is 3.73. The van der Waals surface area contributed by atoms with Gasteiger partial charge < -0.3 is 10.1 Å². The van der Waals surface area contributed by atoms with Crippen molar-refractivity contribution in [2.45, 2.75) is 39.0 Å². The van der Waals surface area contributed by atoms with Gasteiger partial charge in [0.1, 0.15) is 5.01 Å². The third-order valence-corrected chi connectivity index (χ3v) is 5.56. The topological polar surface area (TPSA) is 71.5 Å². The Morgan fingerprint density at radius 2 is 2.28 bits per heavy atom. The zero-order valence-corrected chi connectivity index (χ0v) is 14.8. The molecule has 0 aliphatic carbocycles. The number of ether oxygens (including phenoxy) is 1. The van der Waals surface area contributed by atoms with Crippen molar-refractivity contribution in [1.29, 1.82) is 0 Å². The molecule has 3 amide bonds. The van der Waals surface area contributed by atoms with E-state index in [2.05, 4.69) is 10.3 Å². The van der Waals surface area contributed by atoms with E-state index in [1.807, 2.05) is 31.2 Å². The molecule has 0 radical (unpaired) electrons. The Balaban J connectivity index is 1.48. The number of nitrogens with zero attached hydrogens (tertiary/aromatic N) is 2. The zero-order chi connectivity index (χ0) is 17.4. The van der Waals surface area contributed by atoms with E-state index in [0.717, 1.165) is 33.1 Å². The summed E-state index contributed by atoms with van der Waals surface area (Å²) in [6.07, 6.45) is 1.06. The number of carbonyl (C=O) groups excluding carboxylic acids is 2. The molecule has 4 rings (SSSR count). The Hall–Kier alpha value is -2.25. The fourth-order valence-corrected chi connectivity index (χ4v) is 4.25. The predicted molar refractivity (Wildman–Crippen MR) is 93.1 cm³/mol. The fourth-order valence-electron chi connectivity index (χ4n) is 3.21. The molecule has 1 unspecified atom stereocenters. The number of imide groups is 1. The van der Waals surface area contributed by atoms with E-state index in [0.29, 0.717) is 13.2 Å². The van der Waals surface area contributed by atoms with Crippen LogP contribution in [0.4, 0.5) is 4.79 Å². The maximum atomic E-state index is 12.5. The van der Waals surface area contributed by atoms with Crippen LogP contribution in [0.3, 0.4) is 0 Å². The van der Waals surface area contributed by atoms with E-state index in [1.165, 1.54) is 16.2 Å². The first-order valence-corrected chi connectivity index (χ1v) is 9.14. The molecule has 1 aromatic carbocycles. The molecule has 1 N–H and O–H groups in total. The van der Waals surface area contributed by atoms with Crippen LogP contribution in [-0.4, -0.2) is 28.4 Å². The number of fused-ring (bicyclic) bond motifs is 1. The summed E-state index contributed by atoms with van der Waals surface area (Å²) >= 11 is 1.52. The summed E-state index contributed by atoms with van der Waals surface area (Å²) in [5.41, 5.74) is 3.11. The van der Waals surface area contributed by atoms with Gasteiger partial charge in [0.15, 0.2) is 0 Å². The molecule has 6 nitrogen and oxygen atoms in total. The van der Waals surface area contributed by atoms with E-state index in [4.69, 9.17) is 4.74 Å². The molecule has 130 valence electrons. The summed E-state index contributed by atoms with van der Waals surface area (Å²) in [7, 11) is 0. The number of aryl methyl sites for hydroxylation is 1. The summed E-state index contributed by atoms with van der Waals surface area (Å²) in [4.78, 5) is 31.9. The molecule has 2 aliphatic heterocycles. The number of hydrogen-bond acceptors (Lipinski definition) is 5. The van der Waals surface area contributed by atoms with Gasteiger partial charge in [-0.1, -0.05) is 29.8 Å². The average Bonchev–Trinajstić information content (AvgIpc) is 3.00. The first-order chi connectivity index (χ1) is 12.1. The normalized spacial score (nSPS) is 20.4. The molecule has 1 fully saturated rings. The van der Waals surface area contributed by atoms with Crippen LogP contribution in [-0.2, 0) is 29.1 Å². The van der Waals surface area contributed by atoms with Crippen molar-refractivity contribution >= 4 is 23.3 Å². The smallest absolute Gasteiger partial charge is 0.324 e. The van der Waals surface area contributed by atoms with Crippen LogP contribution in [0.2, 0.25) is 0 Å². The van der Waals surface area contributed by atoms with Gasteiger partial charge in [-0.3, -0.25) is 9.69 Å². The van der Waals surface area contributed by atoms with Gasteiger partial charge in [-0.2, -0.15) is 0 Å². The fraction of sp³-hybridized carbons (Fsp3) is 0.389. The number of rotatable bonds is 3. The summed E-state index contributed by atoms with van der Waals surface area (Å²) in [6.45, 7) is 3.47. The Morgan fingerprint density at radius 3 is 3.04 bits per heavy atom. The molecule has 1 aromatic heterocycles. The zero-order valence-electron chi connectivity index (χ0n) is 13.9. The van der Waals surface area contributed by atoms with E-state index >= 15 is 0 Å². The highest BCUT2D eigenvalue weighted by atomic mass is 32.1. The Morgan fingerprint density at radius 1 is 1.40 bits per heavy atom. The quantitative estimate of drug-likeness (QED) is 0.917. The first-order valence-electron chi connectivity index (χ1n) is 8.33. The van der Waals surface area contributed by atoms with E-state index in [1.54, 1.807) is 0 Å². The SMILES string of the molecule is Cc1cccc(C2CC(=O)N(Cc3nc4c(s3)COCC4)C(=O)N2)c1. The molecule has 0 bridgehead atoms. The van der Waals surface area contributed by atoms with E-state index in [-0.39, 0.29) is 30.9 Å². The molecule has 1 saturated heterocycles. The van der Waals surface area contributed by atoms with Gasteiger partial charge >= 0.3 is 6.03 Å². The van der Waals surface area contributed by atoms with Crippen LogP contribution in [0, 0.1) is 6.92 Å². The van der Waals surface area contributed by atoms with Crippen molar-refractivity contribution in [3.8, 4) is 0 Å². The highest BCUT2D eigenvalue weighted by molar-refractivity contribution is 7.11. The minimum Gasteiger partial charge on any atom is -0.375 e. The summed E-state index contributed by atoms with van der Waals surface area (Å²) < 4.78 is 5.42. The lowest BCUT2D eigenvalue weighted by molar-refractivity contribution is -0.130. The minimum absolute atomic E-state index is 0.167. The van der Waals surface area contributed by atoms with Gasteiger partial charge in [0.2, 0.25) is 5.91 Å². The van der Waals surface area contributed by atoms with E-state index < -0.39 is 0 Å². The van der Waals surface area contributed by atoms with Gasteiger partial charge in [0.05, 0.1) is 42.8 Å². The van der Waals surface area contributed by atoms with Crippen molar-refractivity contribution < 1.29 is 14.3 Å². The van der Waals surface area contributed by atoms with Crippen molar-refractivity contribution in [3.63, 3.8) is 0 Å². The molecular weight excluding hydrogens is 338 g/mol. The van der Waals surface area contributed by atoms with Gasteiger partial charge in [0.25, 0.3) is 0 Å². The molecular formula is C18H19N3O3S. The molecule has 1 atom stereocenters. The maximum absolute atomic E-state index is 12.5. The van der Waals surface area contributed by atoms with Crippen molar-refractivity contribution in [2.24, 2.45) is 0 Å². The number of urea groups is 1. The predicted octanol–water partition coefficient (Wildman–Crippen LogP) is 2.71. The molecule has 25 heavy (non-hydrogen) atoms. The Bertz CT molecular complexity index is 791. The number of benzene rings is 1. The van der Waals surface area contributed by atoms with Crippen LogP contribution in [0.5, 0.6) is 0 Å². The number of hydrogen-bond donors (Lipinski definition) is 1. The van der Waals surface area contributed by atoms with E-state index in [9.17, 15) is 9.59 Å². The standard InChI is InChI=1S/C18H19N3O3S/c1-11-3-2-4-12(7-11)14-8-17(22)21(18(23)20-14)9-16-19-13-5-6-24-10-15(13)25-16/h2-4,7,14H,5-6,8-10H2,1H3,(H,20,23). The summed E-state index contributed by atoms with van der Waals surface area (Å²) in [5.74, 6) is -0.167. The van der Waals surface area contributed by atoms with Crippen LogP contribution in [0.1, 0.15) is 39.2 Å². The summed E-state index contributed by atoms with van der Waals surface area (Å²) in [6, 6.07) is 7.26. The monoisotopic (exact) mass is 357 g/mol. The Kier molecular flexibility index (Phi) is 4.27. The van der Waals surface area contributed by atoms with Gasteiger partial charge in [-0.15, -0.1) is 11.3 Å². The largest absolute Gasteiger partial charge is 0.375 e. The Labute approximate surface area is 149 Å². The number of amides is 3. The highest BCUT2D eigenvalue weighted by Crippen LogP contribution is 2.27. The molecule has 0 spiro atoms. The lowest BCUT2D eigenvalue weighted by Crippen LogP contribution is -2.50. The van der Waals surface area contributed by atoms with Gasteiger partial charge in [-0.05, 0) is 12.5 Å². The molecule has 3 heterocycles. The lowest BCUT2D eigenvalue weighted by atomic mass is 10.00. The van der Waals surface area contributed by atoms with Crippen LogP contribution < -0.4 is 5.32 Å². The number of thiazole rings is 1. The minimum atomic E-state index is -0.354. The van der Waals surface area contributed by atoms with Crippen molar-refractivity contribution in [1.82, 2.24) is 15.2 Å². The number of aromatic nitrogens is 1. The highest BCUT2D eigenvalue weighted by Gasteiger charge is 2.33. The van der Waals surface area contributed by atoms with Gasteiger partial charge in [-0.25, -0.2) is 9.78 Å². The molecule has 7 heteroatoms. The number of carbonyl (C=O) groups is 2. The first kappa shape index (κ1) is 16.2. The van der Waals surface area contributed by atoms with Crippen molar-refractivity contribution in [3.05, 3.63) is 51.0 Å². The van der Waals surface area contributed by atoms with Crippen molar-refractivity contribution in [2.75, 3.05) is 6.61 Å². The van der Waals surface area contributed by atoms with Crippen LogP contribution in [0.25, 0.3) is 0 Å². The third kappa shape index (κ3) is 3.29. The van der Waals surface area contributed by atoms with Crippen LogP contribution >= 0.6 is 11.3 Å². The third-order valence-electron chi connectivity index (χ3n) is 4.50.